The van der Waals surface area contributed by atoms with Crippen molar-refractivity contribution in [2.75, 3.05) is 39.8 Å². The van der Waals surface area contributed by atoms with Crippen molar-refractivity contribution in [1.29, 1.82) is 0 Å². The molecule has 26 heavy (non-hydrogen) atoms. The Morgan fingerprint density at radius 2 is 1.62 bits per heavy atom. The first-order valence-corrected chi connectivity index (χ1v) is 9.15. The molecule has 140 valence electrons. The number of hydrogen-bond donors (Lipinski definition) is 1. The minimum Gasteiger partial charge on any atom is -0.497 e. The van der Waals surface area contributed by atoms with Gasteiger partial charge in [-0.3, -0.25) is 9.80 Å². The molecular formula is C21H27FN2O2. The Labute approximate surface area is 154 Å². The van der Waals surface area contributed by atoms with Gasteiger partial charge in [-0.2, -0.15) is 0 Å². The van der Waals surface area contributed by atoms with E-state index in [0.29, 0.717) is 6.54 Å². The van der Waals surface area contributed by atoms with Gasteiger partial charge in [0, 0.05) is 26.2 Å². The lowest BCUT2D eigenvalue weighted by Gasteiger charge is -2.24. The highest BCUT2D eigenvalue weighted by molar-refractivity contribution is 5.27. The molecule has 1 heterocycles. The van der Waals surface area contributed by atoms with Crippen LogP contribution in [0.1, 0.15) is 23.7 Å². The van der Waals surface area contributed by atoms with Crippen LogP contribution in [-0.4, -0.2) is 54.7 Å². The molecule has 0 aromatic heterocycles. The van der Waals surface area contributed by atoms with E-state index in [2.05, 4.69) is 21.9 Å². The number of rotatable bonds is 6. The maximum Gasteiger partial charge on any atom is 0.123 e. The van der Waals surface area contributed by atoms with Crippen LogP contribution in [0.3, 0.4) is 0 Å². The Morgan fingerprint density at radius 1 is 0.962 bits per heavy atom. The van der Waals surface area contributed by atoms with E-state index in [4.69, 9.17) is 4.74 Å². The molecule has 0 unspecified atom stereocenters. The fourth-order valence-corrected chi connectivity index (χ4v) is 3.39. The third kappa shape index (κ3) is 5.27. The number of ether oxygens (including phenoxy) is 1. The Hall–Kier alpha value is -1.95. The van der Waals surface area contributed by atoms with Crippen LogP contribution in [-0.2, 0) is 6.54 Å². The van der Waals surface area contributed by atoms with Crippen LogP contribution in [0.4, 0.5) is 4.39 Å². The summed E-state index contributed by atoms with van der Waals surface area (Å²) in [5.74, 6) is 0.607. The third-order valence-electron chi connectivity index (χ3n) is 4.93. The van der Waals surface area contributed by atoms with Crippen LogP contribution in [0.15, 0.2) is 48.5 Å². The summed E-state index contributed by atoms with van der Waals surface area (Å²) in [5, 5.41) is 10.4. The van der Waals surface area contributed by atoms with E-state index in [9.17, 15) is 9.50 Å². The maximum atomic E-state index is 13.0. The van der Waals surface area contributed by atoms with Crippen LogP contribution in [0.2, 0.25) is 0 Å². The van der Waals surface area contributed by atoms with Gasteiger partial charge in [-0.15, -0.1) is 0 Å². The standard InChI is InChI=1S/C21H27FN2O2/c1-26-20-9-3-17(4-10-20)15-23-11-2-12-24(14-13-23)16-21(25)18-5-7-19(22)8-6-18/h3-10,21,25H,2,11-16H2,1H3/t21-/m0/s1. The highest BCUT2D eigenvalue weighted by Crippen LogP contribution is 2.17. The number of nitrogens with zero attached hydrogens (tertiary/aromatic N) is 2. The van der Waals surface area contributed by atoms with Crippen LogP contribution >= 0.6 is 0 Å². The van der Waals surface area contributed by atoms with Gasteiger partial charge in [0.15, 0.2) is 0 Å². The molecule has 0 bridgehead atoms. The zero-order valence-corrected chi connectivity index (χ0v) is 15.3. The number of methoxy groups -OCH3 is 1. The molecule has 1 aliphatic rings. The van der Waals surface area contributed by atoms with Crippen molar-refractivity contribution in [3.05, 3.63) is 65.5 Å². The lowest BCUT2D eigenvalue weighted by molar-refractivity contribution is 0.114. The van der Waals surface area contributed by atoms with E-state index in [0.717, 1.165) is 50.5 Å². The summed E-state index contributed by atoms with van der Waals surface area (Å²) in [7, 11) is 1.68. The third-order valence-corrected chi connectivity index (χ3v) is 4.93. The van der Waals surface area contributed by atoms with Crippen LogP contribution in [0.5, 0.6) is 5.75 Å². The molecule has 1 N–H and O–H groups in total. The lowest BCUT2D eigenvalue weighted by atomic mass is 10.1. The molecule has 1 fully saturated rings. The Bertz CT molecular complexity index is 675. The van der Waals surface area contributed by atoms with Gasteiger partial charge < -0.3 is 9.84 Å². The summed E-state index contributed by atoms with van der Waals surface area (Å²) in [6, 6.07) is 14.3. The molecule has 2 aromatic rings. The fourth-order valence-electron chi connectivity index (χ4n) is 3.39. The quantitative estimate of drug-likeness (QED) is 0.861. The van der Waals surface area contributed by atoms with Crippen molar-refractivity contribution in [3.63, 3.8) is 0 Å². The second kappa shape index (κ2) is 9.12. The van der Waals surface area contributed by atoms with Crippen molar-refractivity contribution in [3.8, 4) is 5.75 Å². The van der Waals surface area contributed by atoms with Gasteiger partial charge in [-0.05, 0) is 54.9 Å². The molecule has 0 amide bonds. The van der Waals surface area contributed by atoms with Gasteiger partial charge in [0.2, 0.25) is 0 Å². The predicted molar refractivity (Wildman–Crippen MR) is 101 cm³/mol. The molecule has 1 saturated heterocycles. The van der Waals surface area contributed by atoms with Crippen molar-refractivity contribution >= 4 is 0 Å². The van der Waals surface area contributed by atoms with Crippen molar-refractivity contribution in [2.45, 2.75) is 19.1 Å². The monoisotopic (exact) mass is 358 g/mol. The lowest BCUT2D eigenvalue weighted by Crippen LogP contribution is -2.33. The summed E-state index contributed by atoms with van der Waals surface area (Å²) < 4.78 is 18.2. The van der Waals surface area contributed by atoms with Crippen molar-refractivity contribution < 1.29 is 14.2 Å². The SMILES string of the molecule is COc1ccc(CN2CCCN(C[C@H](O)c3ccc(F)cc3)CC2)cc1. The van der Waals surface area contributed by atoms with Crippen LogP contribution in [0.25, 0.3) is 0 Å². The molecule has 3 rings (SSSR count). The van der Waals surface area contributed by atoms with Gasteiger partial charge in [0.25, 0.3) is 0 Å². The zero-order valence-electron chi connectivity index (χ0n) is 15.3. The molecule has 5 heteroatoms. The topological polar surface area (TPSA) is 35.9 Å². The first kappa shape index (κ1) is 18.8. The normalized spacial score (nSPS) is 17.7. The van der Waals surface area contributed by atoms with E-state index in [-0.39, 0.29) is 5.82 Å². The average molecular weight is 358 g/mol. The highest BCUT2D eigenvalue weighted by Gasteiger charge is 2.18. The summed E-state index contributed by atoms with van der Waals surface area (Å²) in [6.07, 6.45) is 0.496. The number of halogens is 1. The molecule has 0 saturated carbocycles. The number of β-amino-alcohol motifs (C(OH)–C–C–N with tert-alkyl or cyclic N) is 1. The number of aliphatic hydroxyl groups is 1. The minimum atomic E-state index is -0.580. The van der Waals surface area contributed by atoms with Gasteiger partial charge >= 0.3 is 0 Å². The smallest absolute Gasteiger partial charge is 0.123 e. The number of aliphatic hydroxyl groups excluding tert-OH is 1. The van der Waals surface area contributed by atoms with Gasteiger partial charge in [-0.1, -0.05) is 24.3 Å². The van der Waals surface area contributed by atoms with Gasteiger partial charge in [-0.25, -0.2) is 4.39 Å². The summed E-state index contributed by atoms with van der Waals surface area (Å²) in [4.78, 5) is 4.74. The summed E-state index contributed by atoms with van der Waals surface area (Å²) in [6.45, 7) is 5.43. The average Bonchev–Trinajstić information content (AvgIpc) is 2.88. The Morgan fingerprint density at radius 3 is 2.31 bits per heavy atom. The summed E-state index contributed by atoms with van der Waals surface area (Å²) >= 11 is 0. The number of hydrogen-bond acceptors (Lipinski definition) is 4. The van der Waals surface area contributed by atoms with Crippen LogP contribution in [0, 0.1) is 5.82 Å². The largest absolute Gasteiger partial charge is 0.497 e. The molecule has 4 nitrogen and oxygen atoms in total. The second-order valence-corrected chi connectivity index (χ2v) is 6.85. The van der Waals surface area contributed by atoms with Crippen LogP contribution < -0.4 is 4.74 Å². The fraction of sp³-hybridized carbons (Fsp3) is 0.429. The van der Waals surface area contributed by atoms with E-state index < -0.39 is 6.10 Å². The van der Waals surface area contributed by atoms with Crippen molar-refractivity contribution in [1.82, 2.24) is 9.80 Å². The molecule has 0 aliphatic carbocycles. The molecule has 2 aromatic carbocycles. The molecular weight excluding hydrogens is 331 g/mol. The molecule has 0 spiro atoms. The second-order valence-electron chi connectivity index (χ2n) is 6.85. The minimum absolute atomic E-state index is 0.273. The predicted octanol–water partition coefficient (Wildman–Crippen LogP) is 3.08. The first-order chi connectivity index (χ1) is 12.6. The molecule has 1 atom stereocenters. The first-order valence-electron chi connectivity index (χ1n) is 9.15. The molecule has 0 radical (unpaired) electrons. The van der Waals surface area contributed by atoms with E-state index >= 15 is 0 Å². The Kier molecular flexibility index (Phi) is 6.61. The van der Waals surface area contributed by atoms with E-state index in [1.54, 1.807) is 19.2 Å². The van der Waals surface area contributed by atoms with E-state index in [1.165, 1.54) is 17.7 Å². The van der Waals surface area contributed by atoms with Gasteiger partial charge in [0.05, 0.1) is 13.2 Å². The maximum absolute atomic E-state index is 13.0. The van der Waals surface area contributed by atoms with Crippen molar-refractivity contribution in [2.24, 2.45) is 0 Å². The number of benzene rings is 2. The van der Waals surface area contributed by atoms with E-state index in [1.807, 2.05) is 12.1 Å². The highest BCUT2D eigenvalue weighted by atomic mass is 19.1. The van der Waals surface area contributed by atoms with Gasteiger partial charge in [0.1, 0.15) is 11.6 Å². The summed E-state index contributed by atoms with van der Waals surface area (Å²) in [5.41, 5.74) is 2.05. The zero-order chi connectivity index (χ0) is 18.4. The Balaban J connectivity index is 1.50. The molecule has 1 aliphatic heterocycles.